The summed E-state index contributed by atoms with van der Waals surface area (Å²) in [6, 6.07) is 12.1. The number of ether oxygens (including phenoxy) is 1. The Morgan fingerprint density at radius 3 is 2.36 bits per heavy atom. The van der Waals surface area contributed by atoms with Crippen molar-refractivity contribution in [3.05, 3.63) is 104 Å². The van der Waals surface area contributed by atoms with Crippen LogP contribution in [0.1, 0.15) is 54.9 Å². The molecule has 44 heavy (non-hydrogen) atoms. The highest BCUT2D eigenvalue weighted by atomic mass is 35.5. The van der Waals surface area contributed by atoms with Gasteiger partial charge in [0.15, 0.2) is 16.7 Å². The van der Waals surface area contributed by atoms with Crippen molar-refractivity contribution in [2.24, 2.45) is 0 Å². The maximum Gasteiger partial charge on any atom is 0.335 e. The zero-order valence-corrected chi connectivity index (χ0v) is 27.7. The van der Waals surface area contributed by atoms with Gasteiger partial charge in [0, 0.05) is 34.4 Å². The van der Waals surface area contributed by atoms with E-state index < -0.39 is 23.0 Å². The predicted molar refractivity (Wildman–Crippen MR) is 173 cm³/mol. The second-order valence-electron chi connectivity index (χ2n) is 10.5. The van der Waals surface area contributed by atoms with Crippen molar-refractivity contribution in [1.29, 1.82) is 0 Å². The molecule has 6 nitrogen and oxygen atoms in total. The number of hydrogen-bond acceptors (Lipinski definition) is 5. The third-order valence-electron chi connectivity index (χ3n) is 7.48. The van der Waals surface area contributed by atoms with E-state index >= 15 is 0 Å². The molecule has 4 aromatic rings. The quantitative estimate of drug-likeness (QED) is 0.142. The highest BCUT2D eigenvalue weighted by Crippen LogP contribution is 2.40. The highest BCUT2D eigenvalue weighted by Gasteiger charge is 2.30. The fraction of sp³-hybridized carbons (Fsp3) is 0.312. The molecule has 0 fully saturated rings. The van der Waals surface area contributed by atoms with E-state index in [4.69, 9.17) is 39.5 Å². The van der Waals surface area contributed by atoms with Crippen LogP contribution >= 0.6 is 46.6 Å². The lowest BCUT2D eigenvalue weighted by Crippen LogP contribution is -2.28. The van der Waals surface area contributed by atoms with Gasteiger partial charge in [0.2, 0.25) is 0 Å². The van der Waals surface area contributed by atoms with E-state index in [1.54, 1.807) is 30.5 Å². The molecule has 0 aliphatic rings. The first-order valence-corrected chi connectivity index (χ1v) is 16.0. The minimum atomic E-state index is -1.28. The SMILES string of the molecule is CCN(CC)CCOc1cc(-n2c(C(C)(C)c3ccc(Cl)c(Cl)c3)cnc2SCc2c(F)cc(C(=O)O)cc2Cl)ccc1F. The third-order valence-corrected chi connectivity index (χ3v) is 9.53. The molecule has 0 saturated heterocycles. The van der Waals surface area contributed by atoms with Gasteiger partial charge in [-0.3, -0.25) is 4.57 Å². The highest BCUT2D eigenvalue weighted by molar-refractivity contribution is 7.98. The summed E-state index contributed by atoms with van der Waals surface area (Å²) in [4.78, 5) is 18.2. The second kappa shape index (κ2) is 14.5. The Labute approximate surface area is 274 Å². The van der Waals surface area contributed by atoms with Crippen LogP contribution < -0.4 is 4.74 Å². The van der Waals surface area contributed by atoms with Crippen LogP contribution in [0.15, 0.2) is 59.9 Å². The number of halogens is 5. The maximum absolute atomic E-state index is 14.9. The van der Waals surface area contributed by atoms with E-state index in [2.05, 4.69) is 23.7 Å². The summed E-state index contributed by atoms with van der Waals surface area (Å²) in [5.74, 6) is -2.36. The summed E-state index contributed by atoms with van der Waals surface area (Å²) in [6.45, 7) is 10.8. The number of hydrogen-bond donors (Lipinski definition) is 1. The van der Waals surface area contributed by atoms with E-state index in [1.807, 2.05) is 24.5 Å². The molecule has 234 valence electrons. The van der Waals surface area contributed by atoms with Gasteiger partial charge in [0.25, 0.3) is 0 Å². The van der Waals surface area contributed by atoms with Crippen molar-refractivity contribution in [3.8, 4) is 11.4 Å². The van der Waals surface area contributed by atoms with E-state index in [1.165, 1.54) is 23.9 Å². The zero-order chi connectivity index (χ0) is 32.2. The molecule has 0 aliphatic heterocycles. The smallest absolute Gasteiger partial charge is 0.335 e. The van der Waals surface area contributed by atoms with Gasteiger partial charge in [0.05, 0.1) is 33.2 Å². The van der Waals surface area contributed by atoms with Crippen LogP contribution in [0.2, 0.25) is 15.1 Å². The fourth-order valence-corrected chi connectivity index (χ4v) is 6.41. The number of aromatic nitrogens is 2. The Bertz CT molecular complexity index is 1640. The predicted octanol–water partition coefficient (Wildman–Crippen LogP) is 9.15. The van der Waals surface area contributed by atoms with Crippen LogP contribution in [0.5, 0.6) is 5.75 Å². The van der Waals surface area contributed by atoms with E-state index in [9.17, 15) is 18.7 Å². The van der Waals surface area contributed by atoms with Crippen molar-refractivity contribution in [3.63, 3.8) is 0 Å². The number of likely N-dealkylation sites (N-methyl/N-ethyl adjacent to an activating group) is 1. The number of aromatic carboxylic acids is 1. The van der Waals surface area contributed by atoms with Crippen molar-refractivity contribution < 1.29 is 23.4 Å². The summed E-state index contributed by atoms with van der Waals surface area (Å²) in [6.07, 6.45) is 1.71. The molecule has 0 saturated carbocycles. The number of rotatable bonds is 13. The van der Waals surface area contributed by atoms with Gasteiger partial charge >= 0.3 is 5.97 Å². The molecule has 0 spiro atoms. The molecule has 4 rings (SSSR count). The number of carbonyl (C=O) groups is 1. The molecule has 0 radical (unpaired) electrons. The number of thioether (sulfide) groups is 1. The van der Waals surface area contributed by atoms with Gasteiger partial charge in [-0.15, -0.1) is 0 Å². The van der Waals surface area contributed by atoms with Crippen molar-refractivity contribution >= 4 is 52.5 Å². The first kappa shape index (κ1) is 34.1. The van der Waals surface area contributed by atoms with Crippen molar-refractivity contribution in [2.45, 2.75) is 44.0 Å². The van der Waals surface area contributed by atoms with Crippen molar-refractivity contribution in [2.75, 3.05) is 26.2 Å². The number of nitrogens with zero attached hydrogens (tertiary/aromatic N) is 3. The molecule has 0 atom stereocenters. The maximum atomic E-state index is 14.9. The second-order valence-corrected chi connectivity index (χ2v) is 12.7. The standard InChI is InChI=1S/C32H32Cl3F2N3O3S/c1-5-39(6-2)11-12-43-28-16-21(8-10-26(28)36)40-29(32(3,4)20-7-9-23(33)25(35)15-20)17-38-31(40)44-18-22-24(34)13-19(30(41)42)14-27(22)37/h7-10,13-17H,5-6,11-12,18H2,1-4H3,(H,41,42). The lowest BCUT2D eigenvalue weighted by molar-refractivity contribution is 0.0696. The molecule has 12 heteroatoms. The Morgan fingerprint density at radius 2 is 1.73 bits per heavy atom. The Hall–Kier alpha value is -2.82. The summed E-state index contributed by atoms with van der Waals surface area (Å²) < 4.78 is 37.6. The summed E-state index contributed by atoms with van der Waals surface area (Å²) in [5, 5.41) is 10.5. The topological polar surface area (TPSA) is 67.6 Å². The Morgan fingerprint density at radius 1 is 1.00 bits per heavy atom. The average molecular weight is 683 g/mol. The number of carboxylic acids is 1. The molecule has 0 unspecified atom stereocenters. The third kappa shape index (κ3) is 7.51. The molecule has 3 aromatic carbocycles. The average Bonchev–Trinajstić information content (AvgIpc) is 3.42. The monoisotopic (exact) mass is 681 g/mol. The minimum Gasteiger partial charge on any atom is -0.489 e. The summed E-state index contributed by atoms with van der Waals surface area (Å²) in [5.41, 5.74) is 1.42. The first-order chi connectivity index (χ1) is 20.9. The minimum absolute atomic E-state index is 0.00460. The summed E-state index contributed by atoms with van der Waals surface area (Å²) >= 11 is 20.1. The number of imidazole rings is 1. The van der Waals surface area contributed by atoms with E-state index in [0.717, 1.165) is 30.4 Å². The molecule has 1 N–H and O–H groups in total. The van der Waals surface area contributed by atoms with Gasteiger partial charge in [0.1, 0.15) is 12.4 Å². The molecule has 1 aromatic heterocycles. The van der Waals surface area contributed by atoms with E-state index in [0.29, 0.717) is 34.0 Å². The van der Waals surface area contributed by atoms with Gasteiger partial charge in [-0.25, -0.2) is 18.6 Å². The largest absolute Gasteiger partial charge is 0.489 e. The molecule has 0 bridgehead atoms. The molecule has 0 amide bonds. The molecule has 1 heterocycles. The normalized spacial score (nSPS) is 11.8. The van der Waals surface area contributed by atoms with Crippen LogP contribution in [0.25, 0.3) is 5.69 Å². The Kier molecular flexibility index (Phi) is 11.2. The molecule has 0 aliphatic carbocycles. The molecular formula is C32H32Cl3F2N3O3S. The number of carboxylic acid groups (broad SMARTS) is 1. The van der Waals surface area contributed by atoms with E-state index in [-0.39, 0.29) is 27.7 Å². The first-order valence-electron chi connectivity index (χ1n) is 13.9. The van der Waals surface area contributed by atoms with Gasteiger partial charge in [-0.2, -0.15) is 0 Å². The van der Waals surface area contributed by atoms with Crippen LogP contribution in [-0.2, 0) is 11.2 Å². The van der Waals surface area contributed by atoms with Gasteiger partial charge < -0.3 is 14.7 Å². The molecular weight excluding hydrogens is 651 g/mol. The Balaban J connectivity index is 1.77. The van der Waals surface area contributed by atoms with Crippen LogP contribution in [0.3, 0.4) is 0 Å². The lowest BCUT2D eigenvalue weighted by atomic mass is 9.81. The number of benzene rings is 3. The van der Waals surface area contributed by atoms with Gasteiger partial charge in [-0.05, 0) is 55.1 Å². The lowest BCUT2D eigenvalue weighted by Gasteiger charge is -2.28. The zero-order valence-electron chi connectivity index (χ0n) is 24.6. The van der Waals surface area contributed by atoms with Crippen LogP contribution in [0, 0.1) is 11.6 Å². The van der Waals surface area contributed by atoms with Crippen LogP contribution in [0.4, 0.5) is 8.78 Å². The van der Waals surface area contributed by atoms with Crippen LogP contribution in [-0.4, -0.2) is 51.8 Å². The summed E-state index contributed by atoms with van der Waals surface area (Å²) in [7, 11) is 0. The van der Waals surface area contributed by atoms with Gasteiger partial charge in [-0.1, -0.05) is 80.3 Å². The fourth-order valence-electron chi connectivity index (χ4n) is 4.73. The van der Waals surface area contributed by atoms with Crippen molar-refractivity contribution in [1.82, 2.24) is 14.5 Å².